The molecule has 0 unspecified atom stereocenters. The van der Waals surface area contributed by atoms with Gasteiger partial charge in [0.05, 0.1) is 19.1 Å². The van der Waals surface area contributed by atoms with E-state index in [4.69, 9.17) is 9.26 Å². The van der Waals surface area contributed by atoms with Gasteiger partial charge in [-0.15, -0.1) is 0 Å². The standard InChI is InChI=1S/C8H12N2O2/c1-2-3-7-9-8(12-10-7)6-4-11-5-6/h6H,2-5H2,1H3. The van der Waals surface area contributed by atoms with Gasteiger partial charge in [-0.25, -0.2) is 0 Å². The molecule has 12 heavy (non-hydrogen) atoms. The molecule has 4 heteroatoms. The molecule has 1 fully saturated rings. The van der Waals surface area contributed by atoms with Crippen LogP contribution in [0.4, 0.5) is 0 Å². The summed E-state index contributed by atoms with van der Waals surface area (Å²) in [6.07, 6.45) is 1.96. The minimum Gasteiger partial charge on any atom is -0.380 e. The Balaban J connectivity index is 2.02. The van der Waals surface area contributed by atoms with Crippen LogP contribution >= 0.6 is 0 Å². The Kier molecular flexibility index (Phi) is 2.08. The van der Waals surface area contributed by atoms with Crippen LogP contribution in [0.1, 0.15) is 31.0 Å². The van der Waals surface area contributed by atoms with E-state index in [2.05, 4.69) is 17.1 Å². The van der Waals surface area contributed by atoms with Gasteiger partial charge < -0.3 is 9.26 Å². The number of hydrogen-bond donors (Lipinski definition) is 0. The number of nitrogens with zero attached hydrogens (tertiary/aromatic N) is 2. The summed E-state index contributed by atoms with van der Waals surface area (Å²) in [5.74, 6) is 1.91. The lowest BCUT2D eigenvalue weighted by molar-refractivity contribution is -0.00445. The Morgan fingerprint density at radius 1 is 1.50 bits per heavy atom. The molecule has 0 spiro atoms. The molecule has 0 radical (unpaired) electrons. The molecule has 66 valence electrons. The fourth-order valence-electron chi connectivity index (χ4n) is 1.14. The summed E-state index contributed by atoms with van der Waals surface area (Å²) in [5.41, 5.74) is 0. The van der Waals surface area contributed by atoms with Crippen molar-refractivity contribution in [1.82, 2.24) is 10.1 Å². The third-order valence-electron chi connectivity index (χ3n) is 1.94. The Labute approximate surface area is 70.9 Å². The zero-order valence-corrected chi connectivity index (χ0v) is 7.12. The zero-order valence-electron chi connectivity index (χ0n) is 7.12. The predicted octanol–water partition coefficient (Wildman–Crippen LogP) is 1.14. The molecule has 1 saturated heterocycles. The molecule has 0 amide bonds. The Bertz CT molecular complexity index is 255. The molecule has 0 N–H and O–H groups in total. The van der Waals surface area contributed by atoms with Gasteiger partial charge in [-0.1, -0.05) is 12.1 Å². The fraction of sp³-hybridized carbons (Fsp3) is 0.750. The summed E-state index contributed by atoms with van der Waals surface area (Å²) < 4.78 is 10.1. The number of rotatable bonds is 3. The molecule has 4 nitrogen and oxygen atoms in total. The zero-order chi connectivity index (χ0) is 8.39. The lowest BCUT2D eigenvalue weighted by Crippen LogP contribution is -2.25. The van der Waals surface area contributed by atoms with Gasteiger partial charge in [-0.2, -0.15) is 4.98 Å². The van der Waals surface area contributed by atoms with Crippen molar-refractivity contribution in [2.45, 2.75) is 25.7 Å². The molecule has 2 rings (SSSR count). The number of hydrogen-bond acceptors (Lipinski definition) is 4. The lowest BCUT2D eigenvalue weighted by atomic mass is 10.1. The van der Waals surface area contributed by atoms with Gasteiger partial charge in [0, 0.05) is 6.42 Å². The van der Waals surface area contributed by atoms with Gasteiger partial charge in [0.1, 0.15) is 0 Å². The average Bonchev–Trinajstić information content (AvgIpc) is 2.34. The van der Waals surface area contributed by atoms with E-state index in [0.717, 1.165) is 37.8 Å². The maximum atomic E-state index is 5.08. The molecule has 0 aliphatic carbocycles. The second kappa shape index (κ2) is 3.23. The van der Waals surface area contributed by atoms with Gasteiger partial charge in [0.25, 0.3) is 0 Å². The highest BCUT2D eigenvalue weighted by molar-refractivity contribution is 4.97. The quantitative estimate of drug-likeness (QED) is 0.679. The van der Waals surface area contributed by atoms with Crippen LogP contribution in [-0.2, 0) is 11.2 Å². The summed E-state index contributed by atoms with van der Waals surface area (Å²) >= 11 is 0. The smallest absolute Gasteiger partial charge is 0.234 e. The third kappa shape index (κ3) is 1.34. The highest BCUT2D eigenvalue weighted by Gasteiger charge is 2.26. The van der Waals surface area contributed by atoms with Crippen molar-refractivity contribution >= 4 is 0 Å². The van der Waals surface area contributed by atoms with E-state index >= 15 is 0 Å². The van der Waals surface area contributed by atoms with Gasteiger partial charge in [0.2, 0.25) is 5.89 Å². The van der Waals surface area contributed by atoms with Gasteiger partial charge in [-0.3, -0.25) is 0 Å². The normalized spacial score (nSPS) is 17.8. The van der Waals surface area contributed by atoms with E-state index in [1.807, 2.05) is 0 Å². The minimum absolute atomic E-state index is 0.350. The van der Waals surface area contributed by atoms with Crippen LogP contribution in [-0.4, -0.2) is 23.4 Å². The molecular weight excluding hydrogens is 156 g/mol. The van der Waals surface area contributed by atoms with Crippen LogP contribution in [0.5, 0.6) is 0 Å². The second-order valence-electron chi connectivity index (χ2n) is 3.03. The summed E-state index contributed by atoms with van der Waals surface area (Å²) in [6.45, 7) is 3.56. The summed E-state index contributed by atoms with van der Waals surface area (Å²) in [6, 6.07) is 0. The van der Waals surface area contributed by atoms with E-state index in [1.165, 1.54) is 0 Å². The molecule has 1 aromatic rings. The summed E-state index contributed by atoms with van der Waals surface area (Å²) in [7, 11) is 0. The van der Waals surface area contributed by atoms with E-state index < -0.39 is 0 Å². The SMILES string of the molecule is CCCc1noc(C2COC2)n1. The molecular formula is C8H12N2O2. The monoisotopic (exact) mass is 168 g/mol. The van der Waals surface area contributed by atoms with Gasteiger partial charge in [-0.05, 0) is 6.42 Å². The summed E-state index contributed by atoms with van der Waals surface area (Å²) in [5, 5.41) is 3.87. The summed E-state index contributed by atoms with van der Waals surface area (Å²) in [4.78, 5) is 4.26. The van der Waals surface area contributed by atoms with Crippen LogP contribution in [0.15, 0.2) is 4.52 Å². The maximum absolute atomic E-state index is 5.08. The molecule has 1 aliphatic rings. The molecule has 1 aromatic heterocycles. The average molecular weight is 168 g/mol. The van der Waals surface area contributed by atoms with Crippen molar-refractivity contribution < 1.29 is 9.26 Å². The Morgan fingerprint density at radius 3 is 2.92 bits per heavy atom. The molecule has 1 aliphatic heterocycles. The van der Waals surface area contributed by atoms with Crippen molar-refractivity contribution in [2.75, 3.05) is 13.2 Å². The first kappa shape index (κ1) is 7.73. The van der Waals surface area contributed by atoms with Crippen molar-refractivity contribution in [2.24, 2.45) is 0 Å². The van der Waals surface area contributed by atoms with E-state index in [0.29, 0.717) is 5.92 Å². The van der Waals surface area contributed by atoms with Crippen molar-refractivity contribution in [3.8, 4) is 0 Å². The first-order valence-corrected chi connectivity index (χ1v) is 4.30. The van der Waals surface area contributed by atoms with Crippen LogP contribution in [0.2, 0.25) is 0 Å². The molecule has 0 aromatic carbocycles. The van der Waals surface area contributed by atoms with Crippen LogP contribution < -0.4 is 0 Å². The van der Waals surface area contributed by atoms with Gasteiger partial charge in [0.15, 0.2) is 5.82 Å². The highest BCUT2D eigenvalue weighted by Crippen LogP contribution is 2.21. The van der Waals surface area contributed by atoms with E-state index in [-0.39, 0.29) is 0 Å². The van der Waals surface area contributed by atoms with Gasteiger partial charge >= 0.3 is 0 Å². The fourth-order valence-corrected chi connectivity index (χ4v) is 1.14. The van der Waals surface area contributed by atoms with E-state index in [9.17, 15) is 0 Å². The maximum Gasteiger partial charge on any atom is 0.234 e. The Morgan fingerprint density at radius 2 is 2.33 bits per heavy atom. The van der Waals surface area contributed by atoms with E-state index in [1.54, 1.807) is 0 Å². The minimum atomic E-state index is 0.350. The molecule has 0 atom stereocenters. The van der Waals surface area contributed by atoms with Crippen molar-refractivity contribution in [1.29, 1.82) is 0 Å². The number of aromatic nitrogens is 2. The number of aryl methyl sites for hydroxylation is 1. The second-order valence-corrected chi connectivity index (χ2v) is 3.03. The lowest BCUT2D eigenvalue weighted by Gasteiger charge is -2.21. The van der Waals surface area contributed by atoms with Crippen LogP contribution in [0.3, 0.4) is 0 Å². The predicted molar refractivity (Wildman–Crippen MR) is 41.9 cm³/mol. The molecule has 0 saturated carbocycles. The number of ether oxygens (including phenoxy) is 1. The first-order valence-electron chi connectivity index (χ1n) is 4.30. The van der Waals surface area contributed by atoms with Crippen molar-refractivity contribution in [3.05, 3.63) is 11.7 Å². The molecule has 0 bridgehead atoms. The first-order chi connectivity index (χ1) is 5.90. The molecule has 2 heterocycles. The topological polar surface area (TPSA) is 48.2 Å². The van der Waals surface area contributed by atoms with Crippen molar-refractivity contribution in [3.63, 3.8) is 0 Å². The largest absolute Gasteiger partial charge is 0.380 e. The van der Waals surface area contributed by atoms with Crippen LogP contribution in [0, 0.1) is 0 Å². The Hall–Kier alpha value is -0.900. The third-order valence-corrected chi connectivity index (χ3v) is 1.94. The van der Waals surface area contributed by atoms with Crippen LogP contribution in [0.25, 0.3) is 0 Å². The highest BCUT2D eigenvalue weighted by atomic mass is 16.5.